The molecule has 2 saturated heterocycles. The summed E-state index contributed by atoms with van der Waals surface area (Å²) in [5.41, 5.74) is 1.49. The number of aromatic amines is 1. The Morgan fingerprint density at radius 1 is 1.21 bits per heavy atom. The molecular formula is C19H26N6O3. The minimum Gasteiger partial charge on any atom is -0.371 e. The molecule has 3 aliphatic rings. The zero-order valence-corrected chi connectivity index (χ0v) is 15.8. The van der Waals surface area contributed by atoms with Gasteiger partial charge in [-0.1, -0.05) is 37.3 Å². The molecule has 5 rings (SSSR count). The number of rotatable bonds is 5. The first-order valence-electron chi connectivity index (χ1n) is 10.2. The van der Waals surface area contributed by atoms with E-state index >= 15 is 0 Å². The molecule has 2 aliphatic heterocycles. The number of hydrogen-bond acceptors (Lipinski definition) is 6. The van der Waals surface area contributed by atoms with E-state index in [1.54, 1.807) is 0 Å². The molecule has 28 heavy (non-hydrogen) atoms. The van der Waals surface area contributed by atoms with E-state index in [1.165, 1.54) is 44.6 Å². The zero-order chi connectivity index (χ0) is 18.9. The van der Waals surface area contributed by atoms with Crippen LogP contribution in [0.2, 0.25) is 0 Å². The predicted molar refractivity (Wildman–Crippen MR) is 98.7 cm³/mol. The van der Waals surface area contributed by atoms with Gasteiger partial charge in [-0.05, 0) is 12.3 Å². The second-order valence-corrected chi connectivity index (χ2v) is 8.11. The molecule has 0 spiro atoms. The quantitative estimate of drug-likeness (QED) is 0.801. The Labute approximate surface area is 163 Å². The van der Waals surface area contributed by atoms with Crippen molar-refractivity contribution in [1.82, 2.24) is 30.3 Å². The molecule has 2 N–H and O–H groups in total. The van der Waals surface area contributed by atoms with E-state index in [9.17, 15) is 4.79 Å². The van der Waals surface area contributed by atoms with Crippen molar-refractivity contribution in [3.8, 4) is 0 Å². The number of H-pyrrole nitrogens is 1. The molecule has 9 heteroatoms. The second-order valence-electron chi connectivity index (χ2n) is 8.11. The normalized spacial score (nSPS) is 30.4. The maximum atomic E-state index is 12.3. The van der Waals surface area contributed by atoms with Gasteiger partial charge >= 0.3 is 0 Å². The summed E-state index contributed by atoms with van der Waals surface area (Å²) in [6.07, 6.45) is 12.4. The Morgan fingerprint density at radius 2 is 2.07 bits per heavy atom. The van der Waals surface area contributed by atoms with E-state index in [4.69, 9.17) is 9.47 Å². The highest BCUT2D eigenvalue weighted by Gasteiger charge is 2.49. The fraction of sp³-hybridized carbons (Fsp3) is 0.684. The number of fused-ring (bicyclic) bond motifs is 1. The Bertz CT molecular complexity index is 800. The van der Waals surface area contributed by atoms with Crippen LogP contribution in [0, 0.1) is 5.92 Å². The molecule has 9 nitrogen and oxygen atoms in total. The van der Waals surface area contributed by atoms with Crippen molar-refractivity contribution in [2.24, 2.45) is 5.92 Å². The number of hydrogen-bond donors (Lipinski definition) is 2. The highest BCUT2D eigenvalue weighted by molar-refractivity contribution is 5.92. The average Bonchev–Trinajstić information content (AvgIpc) is 3.49. The number of ether oxygens (including phenoxy) is 2. The first-order chi connectivity index (χ1) is 13.8. The van der Waals surface area contributed by atoms with Crippen LogP contribution in [-0.4, -0.2) is 62.3 Å². The van der Waals surface area contributed by atoms with Crippen molar-refractivity contribution < 1.29 is 14.3 Å². The van der Waals surface area contributed by atoms with Gasteiger partial charge in [-0.25, -0.2) is 9.67 Å². The molecule has 0 bridgehead atoms. The van der Waals surface area contributed by atoms with Gasteiger partial charge in [-0.2, -0.15) is 0 Å². The minimum absolute atomic E-state index is 0.00772. The molecule has 0 radical (unpaired) electrons. The lowest BCUT2D eigenvalue weighted by molar-refractivity contribution is 0.0613. The van der Waals surface area contributed by atoms with Crippen LogP contribution in [0.1, 0.15) is 54.3 Å². The highest BCUT2D eigenvalue weighted by atomic mass is 16.6. The minimum atomic E-state index is -0.200. The van der Waals surface area contributed by atoms with E-state index in [0.717, 1.165) is 18.0 Å². The van der Waals surface area contributed by atoms with Crippen LogP contribution in [0.15, 0.2) is 18.7 Å². The maximum Gasteiger partial charge on any atom is 0.269 e. The van der Waals surface area contributed by atoms with E-state index < -0.39 is 0 Å². The van der Waals surface area contributed by atoms with Crippen molar-refractivity contribution in [3.05, 3.63) is 30.1 Å². The SMILES string of the molecule is O=C(NC1COC2C1OCC2n1cc(CC2CCCCC2)nn1)c1cnc[nH]1. The Morgan fingerprint density at radius 3 is 2.89 bits per heavy atom. The number of amides is 1. The van der Waals surface area contributed by atoms with Gasteiger partial charge in [0.15, 0.2) is 0 Å². The maximum absolute atomic E-state index is 12.3. The smallest absolute Gasteiger partial charge is 0.269 e. The molecule has 2 aromatic rings. The van der Waals surface area contributed by atoms with Gasteiger partial charge in [-0.15, -0.1) is 5.10 Å². The zero-order valence-electron chi connectivity index (χ0n) is 15.8. The van der Waals surface area contributed by atoms with Gasteiger partial charge in [0.1, 0.15) is 23.9 Å². The average molecular weight is 386 g/mol. The van der Waals surface area contributed by atoms with Crippen LogP contribution in [-0.2, 0) is 15.9 Å². The Kier molecular flexibility index (Phi) is 4.86. The standard InChI is InChI=1S/C19H26N6O3/c26-19(14-7-20-11-21-14)22-15-9-27-18-16(10-28-17(15)18)25-8-13(23-24-25)6-12-4-2-1-3-5-12/h7-8,11-12,15-18H,1-6,9-10H2,(H,20,21)(H,22,26). The molecule has 150 valence electrons. The van der Waals surface area contributed by atoms with Crippen molar-refractivity contribution in [1.29, 1.82) is 0 Å². The molecule has 1 saturated carbocycles. The molecular weight excluding hydrogens is 360 g/mol. The van der Waals surface area contributed by atoms with Gasteiger partial charge in [0, 0.05) is 6.20 Å². The number of nitrogens with one attached hydrogen (secondary N) is 2. The molecule has 4 atom stereocenters. The lowest BCUT2D eigenvalue weighted by Gasteiger charge is -2.20. The van der Waals surface area contributed by atoms with E-state index in [2.05, 4.69) is 25.6 Å². The van der Waals surface area contributed by atoms with Gasteiger partial charge in [-0.3, -0.25) is 4.79 Å². The van der Waals surface area contributed by atoms with Crippen molar-refractivity contribution in [3.63, 3.8) is 0 Å². The lowest BCUT2D eigenvalue weighted by atomic mass is 9.86. The molecule has 1 amide bonds. The van der Waals surface area contributed by atoms with Gasteiger partial charge < -0.3 is 19.8 Å². The summed E-state index contributed by atoms with van der Waals surface area (Å²) < 4.78 is 13.9. The molecule has 1 aliphatic carbocycles. The topological polar surface area (TPSA) is 107 Å². The monoisotopic (exact) mass is 386 g/mol. The third-order valence-electron chi connectivity index (χ3n) is 6.21. The summed E-state index contributed by atoms with van der Waals surface area (Å²) in [6, 6.07) is -0.192. The molecule has 4 unspecified atom stereocenters. The summed E-state index contributed by atoms with van der Waals surface area (Å²) in [6.45, 7) is 0.938. The fourth-order valence-corrected chi connectivity index (χ4v) is 4.71. The van der Waals surface area contributed by atoms with Gasteiger partial charge in [0.25, 0.3) is 5.91 Å². The summed E-state index contributed by atoms with van der Waals surface area (Å²) in [4.78, 5) is 19.0. The number of nitrogens with zero attached hydrogens (tertiary/aromatic N) is 4. The molecule has 4 heterocycles. The van der Waals surface area contributed by atoms with Crippen LogP contribution < -0.4 is 5.32 Å². The van der Waals surface area contributed by atoms with E-state index in [-0.39, 0.29) is 30.2 Å². The lowest BCUT2D eigenvalue weighted by Crippen LogP contribution is -2.44. The number of aromatic nitrogens is 5. The van der Waals surface area contributed by atoms with Crippen molar-refractivity contribution in [2.45, 2.75) is 62.8 Å². The summed E-state index contributed by atoms with van der Waals surface area (Å²) in [5, 5.41) is 11.7. The van der Waals surface area contributed by atoms with Gasteiger partial charge in [0.2, 0.25) is 0 Å². The largest absolute Gasteiger partial charge is 0.371 e. The molecule has 3 fully saturated rings. The molecule has 2 aromatic heterocycles. The van der Waals surface area contributed by atoms with Crippen LogP contribution >= 0.6 is 0 Å². The molecule has 0 aromatic carbocycles. The number of carbonyl (C=O) groups is 1. The fourth-order valence-electron chi connectivity index (χ4n) is 4.71. The Hall–Kier alpha value is -2.26. The van der Waals surface area contributed by atoms with Gasteiger partial charge in [0.05, 0.1) is 37.5 Å². The van der Waals surface area contributed by atoms with Crippen LogP contribution in [0.3, 0.4) is 0 Å². The van der Waals surface area contributed by atoms with Crippen molar-refractivity contribution >= 4 is 5.91 Å². The first-order valence-corrected chi connectivity index (χ1v) is 10.2. The first kappa shape index (κ1) is 17.8. The second kappa shape index (κ2) is 7.63. The number of imidazole rings is 1. The summed E-state index contributed by atoms with van der Waals surface area (Å²) in [5.74, 6) is 0.533. The third-order valence-corrected chi connectivity index (χ3v) is 6.21. The third kappa shape index (κ3) is 3.44. The summed E-state index contributed by atoms with van der Waals surface area (Å²) >= 11 is 0. The summed E-state index contributed by atoms with van der Waals surface area (Å²) in [7, 11) is 0. The van der Waals surface area contributed by atoms with E-state index in [1.807, 2.05) is 10.9 Å². The van der Waals surface area contributed by atoms with Crippen LogP contribution in [0.5, 0.6) is 0 Å². The Balaban J connectivity index is 1.21. The van der Waals surface area contributed by atoms with Crippen LogP contribution in [0.4, 0.5) is 0 Å². The highest BCUT2D eigenvalue weighted by Crippen LogP contribution is 2.34. The number of carbonyl (C=O) groups excluding carboxylic acids is 1. The predicted octanol–water partition coefficient (Wildman–Crippen LogP) is 1.26. The van der Waals surface area contributed by atoms with Crippen molar-refractivity contribution in [2.75, 3.05) is 13.2 Å². The van der Waals surface area contributed by atoms with E-state index in [0.29, 0.717) is 18.9 Å². The van der Waals surface area contributed by atoms with Crippen LogP contribution in [0.25, 0.3) is 0 Å².